The first-order valence-electron chi connectivity index (χ1n) is 35.7. The van der Waals surface area contributed by atoms with Crippen molar-refractivity contribution in [1.82, 2.24) is 0 Å². The second-order valence-corrected chi connectivity index (χ2v) is 24.8. The third-order valence-corrected chi connectivity index (χ3v) is 16.0. The Hall–Kier alpha value is -3.85. The van der Waals surface area contributed by atoms with Gasteiger partial charge in [0, 0.05) is 19.4 Å². The van der Waals surface area contributed by atoms with Gasteiger partial charge in [-0.3, -0.25) is 18.6 Å². The number of ether oxygens (including phenoxy) is 2. The minimum absolute atomic E-state index is 0.0498. The maximum Gasteiger partial charge on any atom is 0.472 e. The van der Waals surface area contributed by atoms with Gasteiger partial charge in [-0.2, -0.15) is 0 Å². The second kappa shape index (κ2) is 71.2. The molecule has 10 heteroatoms. The van der Waals surface area contributed by atoms with Crippen LogP contribution >= 0.6 is 7.82 Å². The summed E-state index contributed by atoms with van der Waals surface area (Å²) < 4.78 is 33.2. The van der Waals surface area contributed by atoms with Crippen LogP contribution in [-0.4, -0.2) is 49.3 Å². The first-order chi connectivity index (χ1) is 42.8. The van der Waals surface area contributed by atoms with Gasteiger partial charge in [0.05, 0.1) is 13.2 Å². The zero-order valence-corrected chi connectivity index (χ0v) is 56.9. The summed E-state index contributed by atoms with van der Waals surface area (Å²) in [6.07, 6.45) is 101. The summed E-state index contributed by atoms with van der Waals surface area (Å²) in [6, 6.07) is 0. The SMILES string of the molecule is CC/C=C\C/C=C\C/C=C\C/C=C\C/C=C\C/C=C\C/C=C\CCCCCCCCCCCCCCCCCCCC(=O)OC(COC(=O)CCCCCCCCCCCCCCCC/C=C\C/C=C\C/C=C\C/C=C\CC)COP(=O)(O)OCCN. The number of rotatable bonds is 66. The van der Waals surface area contributed by atoms with Crippen molar-refractivity contribution in [1.29, 1.82) is 0 Å². The largest absolute Gasteiger partial charge is 0.472 e. The predicted molar refractivity (Wildman–Crippen MR) is 376 cm³/mol. The van der Waals surface area contributed by atoms with E-state index in [0.29, 0.717) is 6.42 Å². The molecule has 0 bridgehead atoms. The van der Waals surface area contributed by atoms with Gasteiger partial charge < -0.3 is 20.1 Å². The number of hydrogen-bond acceptors (Lipinski definition) is 8. The summed E-state index contributed by atoms with van der Waals surface area (Å²) in [5, 5.41) is 0. The van der Waals surface area contributed by atoms with Crippen LogP contribution in [0.3, 0.4) is 0 Å². The molecular weight excluding hydrogens is 1100 g/mol. The fraction of sp³-hybridized carbons (Fsp3) is 0.688. The van der Waals surface area contributed by atoms with Crippen LogP contribution in [0.1, 0.15) is 309 Å². The lowest BCUT2D eigenvalue weighted by atomic mass is 10.0. The number of phosphoric ester groups is 1. The van der Waals surface area contributed by atoms with E-state index in [-0.39, 0.29) is 38.6 Å². The van der Waals surface area contributed by atoms with Gasteiger partial charge in [0.25, 0.3) is 0 Å². The number of allylic oxidation sites excluding steroid dienone is 22. The normalized spacial score (nSPS) is 13.7. The summed E-state index contributed by atoms with van der Waals surface area (Å²) in [4.78, 5) is 35.4. The number of hydrogen-bond donors (Lipinski definition) is 2. The van der Waals surface area contributed by atoms with Gasteiger partial charge in [-0.1, -0.05) is 321 Å². The van der Waals surface area contributed by atoms with E-state index in [9.17, 15) is 19.0 Å². The highest BCUT2D eigenvalue weighted by atomic mass is 31.2. The number of carbonyl (C=O) groups is 2. The highest BCUT2D eigenvalue weighted by molar-refractivity contribution is 7.47. The summed E-state index contributed by atoms with van der Waals surface area (Å²) in [6.45, 7) is 3.54. The summed E-state index contributed by atoms with van der Waals surface area (Å²) in [7, 11) is -4.40. The Morgan fingerprint density at radius 2 is 0.598 bits per heavy atom. The molecule has 0 saturated heterocycles. The van der Waals surface area contributed by atoms with Crippen molar-refractivity contribution in [3.8, 4) is 0 Å². The van der Waals surface area contributed by atoms with E-state index in [1.165, 1.54) is 167 Å². The Kier molecular flexibility index (Phi) is 68.1. The quantitative estimate of drug-likeness (QED) is 0.0264. The molecule has 0 aromatic carbocycles. The highest BCUT2D eigenvalue weighted by Gasteiger charge is 2.26. The lowest BCUT2D eigenvalue weighted by molar-refractivity contribution is -0.161. The molecule has 2 atom stereocenters. The molecule has 3 N–H and O–H groups in total. The van der Waals surface area contributed by atoms with Crippen LogP contribution in [-0.2, 0) is 32.7 Å². The third-order valence-electron chi connectivity index (χ3n) is 15.0. The molecule has 0 aliphatic carbocycles. The van der Waals surface area contributed by atoms with E-state index in [0.717, 1.165) is 109 Å². The average molecular weight is 1230 g/mol. The molecular formula is C77H132NO8P. The van der Waals surface area contributed by atoms with Gasteiger partial charge in [-0.15, -0.1) is 0 Å². The standard InChI is InChI=1S/C77H132NO8P/c1-3-5-7-9-11-13-15-17-19-21-23-25-27-29-31-32-33-34-35-36-37-38-39-40-41-42-44-46-48-50-52-54-56-58-60-62-64-66-68-70-77(80)86-75(74-85-87(81,82)84-72-71-78)73-83-76(79)69-67-65-63-61-59-57-55-53-51-49-47-45-43-30-28-26-24-22-20-18-16-14-12-10-8-6-4-2/h5-8,11-14,17-20,23-26,29,31,33-34,36-37,75H,3-4,9-10,15-16,21-22,27-28,30,32,35,38-74,78H2,1-2H3,(H,81,82)/b7-5-,8-6-,13-11-,14-12-,19-17-,20-18-,25-23-,26-24-,31-29-,34-33-,37-36-. The molecule has 0 rings (SSSR count). The van der Waals surface area contributed by atoms with Gasteiger partial charge in [0.15, 0.2) is 6.10 Å². The van der Waals surface area contributed by atoms with Crippen LogP contribution in [0.15, 0.2) is 134 Å². The van der Waals surface area contributed by atoms with Crippen LogP contribution < -0.4 is 5.73 Å². The van der Waals surface area contributed by atoms with Crippen molar-refractivity contribution >= 4 is 19.8 Å². The number of unbranched alkanes of at least 4 members (excludes halogenated alkanes) is 31. The first-order valence-corrected chi connectivity index (χ1v) is 37.2. The molecule has 498 valence electrons. The molecule has 0 aromatic rings. The van der Waals surface area contributed by atoms with E-state index >= 15 is 0 Å². The van der Waals surface area contributed by atoms with E-state index in [1.807, 2.05) is 0 Å². The molecule has 2 unspecified atom stereocenters. The average Bonchev–Trinajstić information content (AvgIpc) is 3.64. The van der Waals surface area contributed by atoms with Crippen molar-refractivity contribution < 1.29 is 37.6 Å². The summed E-state index contributed by atoms with van der Waals surface area (Å²) in [5.41, 5.74) is 5.40. The Bertz CT molecular complexity index is 1890. The fourth-order valence-electron chi connectivity index (χ4n) is 9.85. The third kappa shape index (κ3) is 71.1. The number of carbonyl (C=O) groups excluding carboxylic acids is 2. The van der Waals surface area contributed by atoms with Crippen molar-refractivity contribution in [2.24, 2.45) is 5.73 Å². The van der Waals surface area contributed by atoms with E-state index in [1.54, 1.807) is 0 Å². The lowest BCUT2D eigenvalue weighted by Crippen LogP contribution is -2.29. The molecule has 0 heterocycles. The number of phosphoric acid groups is 1. The summed E-state index contributed by atoms with van der Waals surface area (Å²) >= 11 is 0. The maximum atomic E-state index is 12.8. The second-order valence-electron chi connectivity index (χ2n) is 23.3. The molecule has 0 aromatic heterocycles. The van der Waals surface area contributed by atoms with Gasteiger partial charge >= 0.3 is 19.8 Å². The molecule has 0 aliphatic rings. The van der Waals surface area contributed by atoms with Crippen molar-refractivity contribution in [3.63, 3.8) is 0 Å². The minimum atomic E-state index is -4.40. The van der Waals surface area contributed by atoms with Gasteiger partial charge in [0.2, 0.25) is 0 Å². The van der Waals surface area contributed by atoms with Gasteiger partial charge in [0.1, 0.15) is 6.61 Å². The maximum absolute atomic E-state index is 12.8. The Morgan fingerprint density at radius 3 is 0.885 bits per heavy atom. The van der Waals surface area contributed by atoms with Crippen LogP contribution in [0, 0.1) is 0 Å². The van der Waals surface area contributed by atoms with Gasteiger partial charge in [-0.05, 0) is 109 Å². The van der Waals surface area contributed by atoms with E-state index in [4.69, 9.17) is 24.3 Å². The number of nitrogens with two attached hydrogens (primary N) is 1. The van der Waals surface area contributed by atoms with Crippen LogP contribution in [0.2, 0.25) is 0 Å². The molecule has 0 fully saturated rings. The van der Waals surface area contributed by atoms with Gasteiger partial charge in [-0.25, -0.2) is 4.57 Å². The Morgan fingerprint density at radius 1 is 0.345 bits per heavy atom. The fourth-order valence-corrected chi connectivity index (χ4v) is 10.6. The highest BCUT2D eigenvalue weighted by Crippen LogP contribution is 2.43. The Labute approximate surface area is 535 Å². The first kappa shape index (κ1) is 83.2. The van der Waals surface area contributed by atoms with E-state index in [2.05, 4.69) is 148 Å². The summed E-state index contributed by atoms with van der Waals surface area (Å²) in [5.74, 6) is -0.823. The van der Waals surface area contributed by atoms with Crippen molar-refractivity contribution in [3.05, 3.63) is 134 Å². The molecule has 0 radical (unpaired) electrons. The van der Waals surface area contributed by atoms with Crippen LogP contribution in [0.25, 0.3) is 0 Å². The zero-order chi connectivity index (χ0) is 63.0. The lowest BCUT2D eigenvalue weighted by Gasteiger charge is -2.19. The smallest absolute Gasteiger partial charge is 0.462 e. The van der Waals surface area contributed by atoms with Crippen LogP contribution in [0.5, 0.6) is 0 Å². The topological polar surface area (TPSA) is 134 Å². The van der Waals surface area contributed by atoms with Crippen LogP contribution in [0.4, 0.5) is 0 Å². The predicted octanol–water partition coefficient (Wildman–Crippen LogP) is 23.6. The molecule has 0 saturated carbocycles. The monoisotopic (exact) mass is 1230 g/mol. The van der Waals surface area contributed by atoms with Crippen molar-refractivity contribution in [2.45, 2.75) is 315 Å². The number of esters is 2. The molecule has 9 nitrogen and oxygen atoms in total. The van der Waals surface area contributed by atoms with Crippen molar-refractivity contribution in [2.75, 3.05) is 26.4 Å². The molecule has 0 amide bonds. The zero-order valence-electron chi connectivity index (χ0n) is 56.0. The Balaban J connectivity index is 3.87. The molecule has 87 heavy (non-hydrogen) atoms. The molecule has 0 aliphatic heterocycles. The van der Waals surface area contributed by atoms with E-state index < -0.39 is 26.5 Å². The minimum Gasteiger partial charge on any atom is -0.462 e. The molecule has 0 spiro atoms.